The number of aliphatic hydroxyl groups is 1. The number of benzene rings is 1. The minimum Gasteiger partial charge on any atom is -0.495 e. The summed E-state index contributed by atoms with van der Waals surface area (Å²) in [5.41, 5.74) is -0.866. The number of nitrogens with one attached hydrogen (secondary N) is 1. The SMILES string of the molecule is CBC(=O)N(C)[C@@H](CC)C(=O)O[C@H]1CC(=O)N(C)c2cc(cc(OC)c2Cl)C/C(C)=C/C=C/[C@@H](OC)[C@@]2(O)CC(OC(=O)N2)[C@@H](C)[C@@H]2O[C@@]12C. The van der Waals surface area contributed by atoms with Crippen LogP contribution in [0.2, 0.25) is 11.8 Å². The summed E-state index contributed by atoms with van der Waals surface area (Å²) in [6.45, 7) is 8.93. The van der Waals surface area contributed by atoms with Gasteiger partial charge in [0, 0.05) is 33.5 Å². The molecule has 8 atom stereocenters. The van der Waals surface area contributed by atoms with Gasteiger partial charge in [0.1, 0.15) is 40.7 Å². The number of methoxy groups -OCH3 is 2. The highest BCUT2D eigenvalue weighted by molar-refractivity contribution is 6.72. The van der Waals surface area contributed by atoms with Crippen molar-refractivity contribution in [2.24, 2.45) is 5.92 Å². The van der Waals surface area contributed by atoms with Crippen LogP contribution < -0.4 is 15.0 Å². The van der Waals surface area contributed by atoms with Crippen LogP contribution in [0.5, 0.6) is 5.75 Å². The zero-order valence-corrected chi connectivity index (χ0v) is 31.0. The van der Waals surface area contributed by atoms with Crippen LogP contribution in [0.4, 0.5) is 15.3 Å². The molecule has 4 bridgehead atoms. The Kier molecular flexibility index (Phi) is 12.4. The quantitative estimate of drug-likeness (QED) is 0.240. The van der Waals surface area contributed by atoms with Gasteiger partial charge < -0.3 is 38.6 Å². The number of epoxide rings is 1. The molecule has 1 aromatic carbocycles. The minimum atomic E-state index is -1.82. The smallest absolute Gasteiger partial charge is 0.409 e. The number of hydrogen-bond acceptors (Lipinski definition) is 10. The van der Waals surface area contributed by atoms with Crippen molar-refractivity contribution in [2.45, 2.75) is 102 Å². The molecule has 50 heavy (non-hydrogen) atoms. The molecule has 15 heteroatoms. The standard InChI is InChI=1S/C35H49BClN3O10/c1-10-22(40(7)32(43)36-5)31(42)49-27-17-28(41)39(6)23-15-21(16-24(46-8)29(23)37)14-19(2)12-11-13-26(47-9)35(45)18-25(48-33(44)38-35)20(3)30-34(27,4)50-30/h11-13,15-16,20,22,25-27,30,36,45H,10,14,17-18H2,1-9H3,(H,38,44)/b13-11+,19-12+/t20-,22+,25?,26-,27+,30+,34+,35+/m1/s1. The molecule has 13 nitrogen and oxygen atoms in total. The first-order valence-electron chi connectivity index (χ1n) is 16.9. The third-order valence-corrected chi connectivity index (χ3v) is 10.4. The molecule has 0 aliphatic carbocycles. The number of amides is 3. The molecule has 2 N–H and O–H groups in total. The van der Waals surface area contributed by atoms with Crippen molar-refractivity contribution in [2.75, 3.05) is 33.2 Å². The van der Waals surface area contributed by atoms with E-state index < -0.39 is 65.7 Å². The lowest BCUT2D eigenvalue weighted by atomic mass is 9.80. The maximum absolute atomic E-state index is 14.1. The fourth-order valence-electron chi connectivity index (χ4n) is 6.85. The molecule has 3 heterocycles. The predicted octanol–water partition coefficient (Wildman–Crippen LogP) is 3.98. The first-order valence-corrected chi connectivity index (χ1v) is 17.3. The highest BCUT2D eigenvalue weighted by Crippen LogP contribution is 2.49. The number of hydrogen-bond donors (Lipinski definition) is 2. The number of rotatable bonds is 7. The molecule has 3 amide bonds. The third kappa shape index (κ3) is 8.14. The summed E-state index contributed by atoms with van der Waals surface area (Å²) in [5.74, 6) is -1.47. The lowest BCUT2D eigenvalue weighted by Crippen LogP contribution is -2.63. The molecule has 4 rings (SSSR count). The number of halogens is 1. The lowest BCUT2D eigenvalue weighted by Gasteiger charge is -2.42. The Morgan fingerprint density at radius 3 is 2.60 bits per heavy atom. The molecule has 2 fully saturated rings. The van der Waals surface area contributed by atoms with Crippen LogP contribution in [0.3, 0.4) is 0 Å². The Morgan fingerprint density at radius 1 is 1.28 bits per heavy atom. The van der Waals surface area contributed by atoms with Gasteiger partial charge in [0.2, 0.25) is 13.2 Å². The molecule has 0 saturated carbocycles. The van der Waals surface area contributed by atoms with E-state index in [9.17, 15) is 24.3 Å². The zero-order chi connectivity index (χ0) is 37.1. The number of alkyl carbamates (subject to hydrolysis) is 1. The normalized spacial score (nSPS) is 32.3. The predicted molar refractivity (Wildman–Crippen MR) is 189 cm³/mol. The van der Waals surface area contributed by atoms with Crippen molar-refractivity contribution in [1.29, 1.82) is 0 Å². The summed E-state index contributed by atoms with van der Waals surface area (Å²) in [6.07, 6.45) is 1.33. The van der Waals surface area contributed by atoms with Gasteiger partial charge in [0.05, 0.1) is 25.3 Å². The highest BCUT2D eigenvalue weighted by atomic mass is 35.5. The van der Waals surface area contributed by atoms with Crippen LogP contribution in [0.1, 0.15) is 52.5 Å². The fraction of sp³-hybridized carbons (Fsp3) is 0.600. The van der Waals surface area contributed by atoms with Crippen LogP contribution in [-0.4, -0.2) is 111 Å². The molecule has 0 spiro atoms. The molecule has 2 saturated heterocycles. The summed E-state index contributed by atoms with van der Waals surface area (Å²) in [4.78, 5) is 55.9. The topological polar surface area (TPSA) is 156 Å². The highest BCUT2D eigenvalue weighted by Gasteiger charge is 2.64. The van der Waals surface area contributed by atoms with Crippen LogP contribution in [0.25, 0.3) is 0 Å². The van der Waals surface area contributed by atoms with Gasteiger partial charge in [0.25, 0.3) is 0 Å². The van der Waals surface area contributed by atoms with Gasteiger partial charge >= 0.3 is 12.1 Å². The molecule has 0 radical (unpaired) electrons. The Hall–Kier alpha value is -3.59. The van der Waals surface area contributed by atoms with E-state index in [0.717, 1.165) is 11.1 Å². The van der Waals surface area contributed by atoms with Gasteiger partial charge in [0.15, 0.2) is 11.5 Å². The number of likely N-dealkylation sites (N-methyl/N-ethyl adjacent to an activating group) is 1. The van der Waals surface area contributed by atoms with Crippen molar-refractivity contribution in [3.63, 3.8) is 0 Å². The molecule has 3 aliphatic rings. The minimum absolute atomic E-state index is 0.0422. The summed E-state index contributed by atoms with van der Waals surface area (Å²) < 4.78 is 29.2. The zero-order valence-electron chi connectivity index (χ0n) is 30.3. The molecule has 1 aromatic rings. The van der Waals surface area contributed by atoms with E-state index in [0.29, 0.717) is 17.9 Å². The van der Waals surface area contributed by atoms with Crippen molar-refractivity contribution >= 4 is 48.3 Å². The van der Waals surface area contributed by atoms with Crippen LogP contribution in [0, 0.1) is 5.92 Å². The van der Waals surface area contributed by atoms with Gasteiger partial charge in [-0.3, -0.25) is 14.9 Å². The number of carbonyl (C=O) groups is 4. The van der Waals surface area contributed by atoms with E-state index in [1.807, 2.05) is 13.0 Å². The van der Waals surface area contributed by atoms with Crippen molar-refractivity contribution in [3.8, 4) is 5.75 Å². The van der Waals surface area contributed by atoms with Gasteiger partial charge in [-0.15, -0.1) is 0 Å². The molecule has 0 aromatic heterocycles. The Bertz CT molecular complexity index is 1540. The first kappa shape index (κ1) is 39.2. The van der Waals surface area contributed by atoms with Gasteiger partial charge in [-0.25, -0.2) is 9.59 Å². The Labute approximate surface area is 299 Å². The van der Waals surface area contributed by atoms with E-state index in [4.69, 9.17) is 35.3 Å². The van der Waals surface area contributed by atoms with E-state index in [-0.39, 0.29) is 37.4 Å². The number of carbonyl (C=O) groups excluding carboxylic acids is 4. The lowest BCUT2D eigenvalue weighted by molar-refractivity contribution is -0.158. The second-order valence-electron chi connectivity index (χ2n) is 13.5. The number of esters is 1. The maximum atomic E-state index is 14.1. The Morgan fingerprint density at radius 2 is 1.98 bits per heavy atom. The van der Waals surface area contributed by atoms with E-state index in [1.165, 1.54) is 24.0 Å². The average molecular weight is 718 g/mol. The first-order chi connectivity index (χ1) is 23.5. The largest absolute Gasteiger partial charge is 0.495 e. The molecule has 274 valence electrons. The number of fused-ring (bicyclic) bond motifs is 5. The number of anilines is 1. The van der Waals surface area contributed by atoms with Crippen molar-refractivity contribution < 1.29 is 48.0 Å². The molecule has 3 aliphatic heterocycles. The molecule has 1 unspecified atom stereocenters. The monoisotopic (exact) mass is 717 g/mol. The van der Waals surface area contributed by atoms with Gasteiger partial charge in [-0.1, -0.05) is 56.1 Å². The van der Waals surface area contributed by atoms with Crippen molar-refractivity contribution in [1.82, 2.24) is 10.2 Å². The van der Waals surface area contributed by atoms with Crippen LogP contribution >= 0.6 is 11.6 Å². The van der Waals surface area contributed by atoms with E-state index in [1.54, 1.807) is 66.0 Å². The van der Waals surface area contributed by atoms with Gasteiger partial charge in [-0.05, 0) is 44.4 Å². The molecular formula is C35H49BClN3O10. The summed E-state index contributed by atoms with van der Waals surface area (Å²) in [5, 5.41) is 14.4. The van der Waals surface area contributed by atoms with Gasteiger partial charge in [-0.2, -0.15) is 0 Å². The third-order valence-electron chi connectivity index (χ3n) is 10.0. The number of nitrogens with zero attached hydrogens (tertiary/aromatic N) is 2. The van der Waals surface area contributed by atoms with Crippen LogP contribution in [-0.2, 0) is 35.0 Å². The summed E-state index contributed by atoms with van der Waals surface area (Å²) >= 11 is 6.74. The van der Waals surface area contributed by atoms with E-state index in [2.05, 4.69) is 5.32 Å². The average Bonchev–Trinajstić information content (AvgIpc) is 3.77. The maximum Gasteiger partial charge on any atom is 0.409 e. The fourth-order valence-corrected chi connectivity index (χ4v) is 7.16. The number of ether oxygens (including phenoxy) is 5. The second-order valence-corrected chi connectivity index (χ2v) is 13.9. The summed E-state index contributed by atoms with van der Waals surface area (Å²) in [6, 6.07) is 2.70. The number of allylic oxidation sites excluding steroid dienone is 3. The summed E-state index contributed by atoms with van der Waals surface area (Å²) in [7, 11) is 6.25. The Balaban J connectivity index is 1.80. The second kappa shape index (κ2) is 15.8. The van der Waals surface area contributed by atoms with Crippen molar-refractivity contribution in [3.05, 3.63) is 46.5 Å². The van der Waals surface area contributed by atoms with Crippen LogP contribution in [0.15, 0.2) is 35.9 Å². The molecular weight excluding hydrogens is 669 g/mol. The van der Waals surface area contributed by atoms with E-state index >= 15 is 0 Å².